The number of anilines is 1. The van der Waals surface area contributed by atoms with Crippen molar-refractivity contribution in [3.8, 4) is 0 Å². The maximum Gasteiger partial charge on any atom is 0.232 e. The van der Waals surface area contributed by atoms with Gasteiger partial charge in [-0.15, -0.1) is 0 Å². The van der Waals surface area contributed by atoms with Crippen LogP contribution in [0.15, 0.2) is 41.7 Å². The Morgan fingerprint density at radius 2 is 1.92 bits per heavy atom. The number of hydrogen-bond donors (Lipinski definition) is 1. The van der Waals surface area contributed by atoms with Gasteiger partial charge in [0.15, 0.2) is 5.65 Å². The highest BCUT2D eigenvalue weighted by molar-refractivity contribution is 7.98. The molecular weight excluding hydrogens is 326 g/mol. The summed E-state index contributed by atoms with van der Waals surface area (Å²) in [6, 6.07) is 9.94. The predicted octanol–water partition coefficient (Wildman–Crippen LogP) is 2.74. The number of carbonyl (C=O) groups excluding carboxylic acids is 2. The van der Waals surface area contributed by atoms with Gasteiger partial charge in [-0.25, -0.2) is 9.97 Å². The molecule has 0 saturated heterocycles. The summed E-state index contributed by atoms with van der Waals surface area (Å²) >= 11 is 1.48. The van der Waals surface area contributed by atoms with Crippen LogP contribution in [0.25, 0.3) is 11.2 Å². The van der Waals surface area contributed by atoms with E-state index in [1.807, 2.05) is 30.3 Å². The number of thioether (sulfide) groups is 1. The van der Waals surface area contributed by atoms with Crippen molar-refractivity contribution in [1.82, 2.24) is 19.5 Å². The van der Waals surface area contributed by atoms with Gasteiger partial charge in [0.1, 0.15) is 16.9 Å². The molecule has 0 atom stereocenters. The summed E-state index contributed by atoms with van der Waals surface area (Å²) in [6.07, 6.45) is 1.42. The van der Waals surface area contributed by atoms with E-state index in [9.17, 15) is 9.59 Å². The van der Waals surface area contributed by atoms with Crippen molar-refractivity contribution in [3.63, 3.8) is 0 Å². The van der Waals surface area contributed by atoms with E-state index in [-0.39, 0.29) is 17.8 Å². The molecule has 1 aromatic carbocycles. The second-order valence-electron chi connectivity index (χ2n) is 5.11. The molecule has 2 aromatic heterocycles. The second-order valence-corrected chi connectivity index (χ2v) is 6.08. The number of nitrogens with one attached hydrogen (secondary N) is 1. The van der Waals surface area contributed by atoms with Crippen molar-refractivity contribution in [2.45, 2.75) is 24.6 Å². The Bertz CT molecular complexity index is 907. The summed E-state index contributed by atoms with van der Waals surface area (Å²) in [5.74, 6) is 0.374. The summed E-state index contributed by atoms with van der Waals surface area (Å²) in [7, 11) is 0. The Morgan fingerprint density at radius 3 is 2.58 bits per heavy atom. The first-order valence-corrected chi connectivity index (χ1v) is 8.23. The lowest BCUT2D eigenvalue weighted by atomic mass is 10.2. The van der Waals surface area contributed by atoms with Crippen molar-refractivity contribution < 1.29 is 9.59 Å². The van der Waals surface area contributed by atoms with Gasteiger partial charge in [-0.1, -0.05) is 42.1 Å². The van der Waals surface area contributed by atoms with E-state index in [0.29, 0.717) is 21.9 Å². The van der Waals surface area contributed by atoms with Gasteiger partial charge in [0.05, 0.1) is 0 Å². The summed E-state index contributed by atoms with van der Waals surface area (Å²) in [5.41, 5.74) is 2.07. The van der Waals surface area contributed by atoms with Gasteiger partial charge in [0.2, 0.25) is 17.8 Å². The molecular formula is C16H15N5O2S. The van der Waals surface area contributed by atoms with E-state index in [1.165, 1.54) is 36.5 Å². The zero-order chi connectivity index (χ0) is 17.1. The average Bonchev–Trinajstić information content (AvgIpc) is 2.97. The third kappa shape index (κ3) is 3.43. The number of rotatable bonds is 4. The summed E-state index contributed by atoms with van der Waals surface area (Å²) in [6.45, 7) is 2.81. The molecule has 0 saturated carbocycles. The van der Waals surface area contributed by atoms with Crippen molar-refractivity contribution in [1.29, 1.82) is 0 Å². The van der Waals surface area contributed by atoms with Gasteiger partial charge in [0.25, 0.3) is 0 Å². The van der Waals surface area contributed by atoms with E-state index >= 15 is 0 Å². The van der Waals surface area contributed by atoms with E-state index < -0.39 is 0 Å². The van der Waals surface area contributed by atoms with Crippen LogP contribution in [0.4, 0.5) is 5.95 Å². The maximum absolute atomic E-state index is 11.7. The third-order valence-corrected chi connectivity index (χ3v) is 4.25. The number of imidazole rings is 1. The van der Waals surface area contributed by atoms with Crippen LogP contribution in [-0.4, -0.2) is 31.3 Å². The number of aromatic nitrogens is 4. The Hall–Kier alpha value is -2.74. The fourth-order valence-corrected chi connectivity index (χ4v) is 3.07. The molecule has 7 nitrogen and oxygen atoms in total. The molecule has 0 aliphatic rings. The Morgan fingerprint density at radius 1 is 1.17 bits per heavy atom. The maximum atomic E-state index is 11.7. The standard InChI is InChI=1S/C16H15N5O2S/c1-10(22)18-16-19-14-13(17-9-21(14)11(2)23)15(20-16)24-8-12-6-4-3-5-7-12/h3-7,9H,8H2,1-2H3,(H,18,19,20,22). The molecule has 8 heteroatoms. The van der Waals surface area contributed by atoms with E-state index in [0.717, 1.165) is 5.56 Å². The van der Waals surface area contributed by atoms with Crippen LogP contribution in [-0.2, 0) is 10.5 Å². The van der Waals surface area contributed by atoms with Crippen molar-refractivity contribution >= 4 is 40.7 Å². The van der Waals surface area contributed by atoms with Crippen LogP contribution in [0.5, 0.6) is 0 Å². The average molecular weight is 341 g/mol. The summed E-state index contributed by atoms with van der Waals surface area (Å²) < 4.78 is 1.34. The highest BCUT2D eigenvalue weighted by Gasteiger charge is 2.16. The number of nitrogens with zero attached hydrogens (tertiary/aromatic N) is 4. The highest BCUT2D eigenvalue weighted by Crippen LogP contribution is 2.28. The van der Waals surface area contributed by atoms with Gasteiger partial charge < -0.3 is 0 Å². The molecule has 0 radical (unpaired) electrons. The minimum Gasteiger partial charge on any atom is -0.295 e. The normalized spacial score (nSPS) is 10.8. The largest absolute Gasteiger partial charge is 0.295 e. The van der Waals surface area contributed by atoms with Crippen LogP contribution >= 0.6 is 11.8 Å². The first-order valence-electron chi connectivity index (χ1n) is 7.25. The molecule has 24 heavy (non-hydrogen) atoms. The van der Waals surface area contributed by atoms with Gasteiger partial charge >= 0.3 is 0 Å². The van der Waals surface area contributed by atoms with Crippen LogP contribution in [0.1, 0.15) is 24.2 Å². The second kappa shape index (κ2) is 6.79. The number of hydrogen-bond acceptors (Lipinski definition) is 6. The van der Waals surface area contributed by atoms with Crippen molar-refractivity contribution in [2.75, 3.05) is 5.32 Å². The fraction of sp³-hybridized carbons (Fsp3) is 0.188. The number of benzene rings is 1. The lowest BCUT2D eigenvalue weighted by Gasteiger charge is -2.06. The Labute approximate surface area is 142 Å². The van der Waals surface area contributed by atoms with Crippen molar-refractivity contribution in [2.24, 2.45) is 0 Å². The fourth-order valence-electron chi connectivity index (χ4n) is 2.14. The molecule has 0 spiro atoms. The monoisotopic (exact) mass is 341 g/mol. The highest BCUT2D eigenvalue weighted by atomic mass is 32.2. The van der Waals surface area contributed by atoms with E-state index in [4.69, 9.17) is 0 Å². The molecule has 0 unspecified atom stereocenters. The SMILES string of the molecule is CC(=O)Nc1nc(SCc2ccccc2)c2ncn(C(C)=O)c2n1. The molecule has 1 amide bonds. The smallest absolute Gasteiger partial charge is 0.232 e. The number of carbonyl (C=O) groups is 2. The lowest BCUT2D eigenvalue weighted by Crippen LogP contribution is -2.11. The van der Waals surface area contributed by atoms with Crippen LogP contribution in [0.3, 0.4) is 0 Å². The molecule has 0 fully saturated rings. The van der Waals surface area contributed by atoms with Gasteiger partial charge in [-0.05, 0) is 5.56 Å². The Balaban J connectivity index is 2.01. The van der Waals surface area contributed by atoms with Crippen LogP contribution in [0, 0.1) is 0 Å². The molecule has 0 aliphatic heterocycles. The van der Waals surface area contributed by atoms with Gasteiger partial charge in [0, 0.05) is 19.6 Å². The molecule has 0 bridgehead atoms. The first kappa shape index (κ1) is 16.1. The minimum absolute atomic E-state index is 0.161. The third-order valence-electron chi connectivity index (χ3n) is 3.21. The van der Waals surface area contributed by atoms with Crippen LogP contribution in [0.2, 0.25) is 0 Å². The zero-order valence-electron chi connectivity index (χ0n) is 13.2. The Kier molecular flexibility index (Phi) is 4.57. The summed E-state index contributed by atoms with van der Waals surface area (Å²) in [4.78, 5) is 35.9. The molecule has 122 valence electrons. The quantitative estimate of drug-likeness (QED) is 0.580. The molecule has 0 aliphatic carbocycles. The molecule has 2 heterocycles. The van der Waals surface area contributed by atoms with Gasteiger partial charge in [-0.2, -0.15) is 4.98 Å². The first-order chi connectivity index (χ1) is 11.5. The minimum atomic E-state index is -0.276. The van der Waals surface area contributed by atoms with Crippen molar-refractivity contribution in [3.05, 3.63) is 42.2 Å². The number of fused-ring (bicyclic) bond motifs is 1. The van der Waals surface area contributed by atoms with Crippen LogP contribution < -0.4 is 5.32 Å². The molecule has 1 N–H and O–H groups in total. The number of amides is 1. The van der Waals surface area contributed by atoms with Gasteiger partial charge in [-0.3, -0.25) is 19.5 Å². The predicted molar refractivity (Wildman–Crippen MR) is 91.9 cm³/mol. The van der Waals surface area contributed by atoms with E-state index in [1.54, 1.807) is 0 Å². The molecule has 3 aromatic rings. The topological polar surface area (TPSA) is 89.8 Å². The van der Waals surface area contributed by atoms with E-state index in [2.05, 4.69) is 20.3 Å². The molecule has 3 rings (SSSR count). The summed E-state index contributed by atoms with van der Waals surface area (Å²) in [5, 5.41) is 3.18. The zero-order valence-corrected chi connectivity index (χ0v) is 14.0. The lowest BCUT2D eigenvalue weighted by molar-refractivity contribution is -0.114.